The van der Waals surface area contributed by atoms with Crippen LogP contribution in [0.2, 0.25) is 0 Å². The maximum absolute atomic E-state index is 12.4. The van der Waals surface area contributed by atoms with Crippen molar-refractivity contribution in [3.8, 4) is 0 Å². The molecule has 0 saturated carbocycles. The van der Waals surface area contributed by atoms with Gasteiger partial charge in [-0.3, -0.25) is 14.0 Å². The molecule has 8 nitrogen and oxygen atoms in total. The van der Waals surface area contributed by atoms with E-state index in [2.05, 4.69) is 10.2 Å². The van der Waals surface area contributed by atoms with Crippen molar-refractivity contribution in [1.82, 2.24) is 10.2 Å². The molecule has 1 N–H and O–H groups in total. The average Bonchev–Trinajstić information content (AvgIpc) is 3.43. The fourth-order valence-electron chi connectivity index (χ4n) is 4.48. The minimum Gasteiger partial charge on any atom is -0.381 e. The van der Waals surface area contributed by atoms with Gasteiger partial charge in [-0.1, -0.05) is 12.1 Å². The van der Waals surface area contributed by atoms with Gasteiger partial charge in [-0.2, -0.15) is 0 Å². The molecule has 1 aromatic rings. The fraction of sp³-hybridized carbons (Fsp3) is 0.591. The molecule has 2 unspecified atom stereocenters. The monoisotopic (exact) mass is 449 g/mol. The second kappa shape index (κ2) is 10.1. The van der Waals surface area contributed by atoms with Crippen LogP contribution in [0.3, 0.4) is 0 Å². The Morgan fingerprint density at radius 2 is 1.90 bits per heavy atom. The van der Waals surface area contributed by atoms with Crippen LogP contribution in [0.5, 0.6) is 0 Å². The molecule has 3 fully saturated rings. The molecule has 3 heterocycles. The van der Waals surface area contributed by atoms with Gasteiger partial charge in [0, 0.05) is 50.8 Å². The lowest BCUT2D eigenvalue weighted by Gasteiger charge is -2.37. The summed E-state index contributed by atoms with van der Waals surface area (Å²) in [6, 6.07) is 7.49. The van der Waals surface area contributed by atoms with E-state index in [0.717, 1.165) is 51.5 Å². The molecule has 31 heavy (non-hydrogen) atoms. The van der Waals surface area contributed by atoms with Gasteiger partial charge in [-0.25, -0.2) is 8.42 Å². The van der Waals surface area contributed by atoms with E-state index in [1.807, 2.05) is 12.1 Å². The predicted octanol–water partition coefficient (Wildman–Crippen LogP) is 1.09. The van der Waals surface area contributed by atoms with Crippen molar-refractivity contribution in [3.63, 3.8) is 0 Å². The number of anilines is 1. The smallest absolute Gasteiger partial charge is 0.244 e. The molecular formula is C22H31N3O5S. The third-order valence-corrected chi connectivity index (χ3v) is 8.09. The number of benzene rings is 1. The van der Waals surface area contributed by atoms with Gasteiger partial charge in [0.2, 0.25) is 15.9 Å². The second-order valence-corrected chi connectivity index (χ2v) is 10.3. The summed E-state index contributed by atoms with van der Waals surface area (Å²) in [5.74, 6) is 0.493. The zero-order chi connectivity index (χ0) is 21.7. The van der Waals surface area contributed by atoms with E-state index in [1.165, 1.54) is 10.4 Å². The number of rotatable bonds is 7. The largest absolute Gasteiger partial charge is 0.381 e. The van der Waals surface area contributed by atoms with Crippen molar-refractivity contribution < 1.29 is 22.7 Å². The number of sulfonamides is 1. The van der Waals surface area contributed by atoms with Gasteiger partial charge in [0.25, 0.3) is 0 Å². The third-order valence-electron chi connectivity index (χ3n) is 6.22. The first-order chi connectivity index (χ1) is 15.0. The van der Waals surface area contributed by atoms with Crippen LogP contribution in [-0.4, -0.2) is 83.6 Å². The highest BCUT2D eigenvalue weighted by Crippen LogP contribution is 2.24. The maximum Gasteiger partial charge on any atom is 0.244 e. The highest BCUT2D eigenvalue weighted by Gasteiger charge is 2.31. The van der Waals surface area contributed by atoms with E-state index in [-0.39, 0.29) is 17.7 Å². The summed E-state index contributed by atoms with van der Waals surface area (Å²) in [7, 11) is -3.18. The summed E-state index contributed by atoms with van der Waals surface area (Å²) in [6.45, 7) is 5.86. The van der Waals surface area contributed by atoms with Gasteiger partial charge in [0.1, 0.15) is 0 Å². The molecule has 1 aromatic carbocycles. The van der Waals surface area contributed by atoms with Gasteiger partial charge in [-0.15, -0.1) is 0 Å². The van der Waals surface area contributed by atoms with Gasteiger partial charge in [-0.05, 0) is 36.6 Å². The van der Waals surface area contributed by atoms with E-state index in [4.69, 9.17) is 9.47 Å². The number of nitrogens with zero attached hydrogens (tertiary/aromatic N) is 2. The van der Waals surface area contributed by atoms with Gasteiger partial charge < -0.3 is 14.8 Å². The Balaban J connectivity index is 1.32. The lowest BCUT2D eigenvalue weighted by atomic mass is 9.97. The topological polar surface area (TPSA) is 88.2 Å². The van der Waals surface area contributed by atoms with Gasteiger partial charge in [0.05, 0.1) is 31.3 Å². The Hall–Kier alpha value is -1.94. The molecule has 0 spiro atoms. The number of hydrogen-bond donors (Lipinski definition) is 1. The molecule has 0 bridgehead atoms. The fourth-order valence-corrected chi connectivity index (χ4v) is 6.04. The van der Waals surface area contributed by atoms with E-state index in [0.29, 0.717) is 31.1 Å². The van der Waals surface area contributed by atoms with Crippen LogP contribution in [0.1, 0.15) is 18.4 Å². The van der Waals surface area contributed by atoms with Crippen LogP contribution < -0.4 is 9.62 Å². The van der Waals surface area contributed by atoms with Crippen LogP contribution in [-0.2, 0) is 24.3 Å². The average molecular weight is 450 g/mol. The maximum atomic E-state index is 12.4. The zero-order valence-corrected chi connectivity index (χ0v) is 18.6. The highest BCUT2D eigenvalue weighted by molar-refractivity contribution is 7.93. The van der Waals surface area contributed by atoms with Crippen molar-refractivity contribution >= 4 is 27.7 Å². The second-order valence-electron chi connectivity index (χ2n) is 8.25. The highest BCUT2D eigenvalue weighted by atomic mass is 32.2. The molecule has 3 aliphatic rings. The van der Waals surface area contributed by atoms with Crippen molar-refractivity contribution in [2.45, 2.75) is 18.9 Å². The summed E-state index contributed by atoms with van der Waals surface area (Å²) in [6.07, 6.45) is 4.96. The van der Waals surface area contributed by atoms with E-state index in [1.54, 1.807) is 18.2 Å². The Bertz CT molecular complexity index is 875. The molecule has 9 heteroatoms. The minimum atomic E-state index is -3.18. The quantitative estimate of drug-likeness (QED) is 0.627. The van der Waals surface area contributed by atoms with E-state index < -0.39 is 10.0 Å². The van der Waals surface area contributed by atoms with Crippen LogP contribution in [0.25, 0.3) is 6.08 Å². The van der Waals surface area contributed by atoms with Crippen LogP contribution in [0.4, 0.5) is 5.69 Å². The molecule has 1 amide bonds. The zero-order valence-electron chi connectivity index (χ0n) is 17.7. The molecule has 4 rings (SSSR count). The first-order valence-corrected chi connectivity index (χ1v) is 12.6. The molecular weight excluding hydrogens is 418 g/mol. The Morgan fingerprint density at radius 1 is 1.13 bits per heavy atom. The third kappa shape index (κ3) is 5.65. The Kier molecular flexibility index (Phi) is 7.27. The molecule has 0 aromatic heterocycles. The van der Waals surface area contributed by atoms with Crippen LogP contribution in [0, 0.1) is 5.92 Å². The summed E-state index contributed by atoms with van der Waals surface area (Å²) in [4.78, 5) is 14.8. The van der Waals surface area contributed by atoms with Gasteiger partial charge >= 0.3 is 0 Å². The number of morpholine rings is 1. The molecule has 0 radical (unpaired) electrons. The normalized spacial score (nSPS) is 25.2. The number of amides is 1. The SMILES string of the molecule is O=C(/C=C/c1ccc(N2CCCS2(=O)=O)cc1)NCC(C1CCOC1)N1CCOCC1. The number of hydrogen-bond acceptors (Lipinski definition) is 6. The minimum absolute atomic E-state index is 0.136. The van der Waals surface area contributed by atoms with Crippen molar-refractivity contribution in [2.24, 2.45) is 5.92 Å². The first-order valence-electron chi connectivity index (χ1n) is 11.0. The van der Waals surface area contributed by atoms with Crippen molar-refractivity contribution in [2.75, 3.05) is 62.7 Å². The van der Waals surface area contributed by atoms with Gasteiger partial charge in [0.15, 0.2) is 0 Å². The molecule has 3 saturated heterocycles. The summed E-state index contributed by atoms with van der Waals surface area (Å²) < 4.78 is 36.6. The summed E-state index contributed by atoms with van der Waals surface area (Å²) >= 11 is 0. The number of carbonyl (C=O) groups excluding carboxylic acids is 1. The van der Waals surface area contributed by atoms with Crippen molar-refractivity contribution in [3.05, 3.63) is 35.9 Å². The van der Waals surface area contributed by atoms with Crippen LogP contribution >= 0.6 is 0 Å². The predicted molar refractivity (Wildman–Crippen MR) is 119 cm³/mol. The molecule has 170 valence electrons. The van der Waals surface area contributed by atoms with E-state index in [9.17, 15) is 13.2 Å². The molecule has 3 aliphatic heterocycles. The van der Waals surface area contributed by atoms with Crippen molar-refractivity contribution in [1.29, 1.82) is 0 Å². The standard InChI is InChI=1S/C22H31N3O5S/c26-22(23-16-21(19-8-12-30-17-19)24-10-13-29-14-11-24)7-4-18-2-5-20(6-3-18)25-9-1-15-31(25,27)28/h2-7,19,21H,1,8-17H2,(H,23,26)/b7-4+. The molecule has 0 aliphatic carbocycles. The number of nitrogens with one attached hydrogen (secondary N) is 1. The summed E-state index contributed by atoms with van der Waals surface area (Å²) in [5.41, 5.74) is 1.52. The number of carbonyl (C=O) groups is 1. The number of ether oxygens (including phenoxy) is 2. The lowest BCUT2D eigenvalue weighted by molar-refractivity contribution is -0.116. The Morgan fingerprint density at radius 3 is 2.55 bits per heavy atom. The summed E-state index contributed by atoms with van der Waals surface area (Å²) in [5, 5.41) is 3.04. The first kappa shape index (κ1) is 22.3. The Labute approximate surface area is 184 Å². The van der Waals surface area contributed by atoms with Crippen LogP contribution in [0.15, 0.2) is 30.3 Å². The molecule has 2 atom stereocenters. The van der Waals surface area contributed by atoms with E-state index >= 15 is 0 Å². The lowest BCUT2D eigenvalue weighted by Crippen LogP contribution is -2.52.